The van der Waals surface area contributed by atoms with Gasteiger partial charge in [-0.05, 0) is 49.3 Å². The zero-order valence-electron chi connectivity index (χ0n) is 15.5. The zero-order chi connectivity index (χ0) is 17.8. The van der Waals surface area contributed by atoms with Gasteiger partial charge < -0.3 is 15.5 Å². The first-order valence-electron chi connectivity index (χ1n) is 9.44. The second-order valence-electron chi connectivity index (χ2n) is 7.58. The van der Waals surface area contributed by atoms with E-state index in [2.05, 4.69) is 6.92 Å². The quantitative estimate of drug-likeness (QED) is 0.821. The Morgan fingerprint density at radius 3 is 2.08 bits per heavy atom. The van der Waals surface area contributed by atoms with Gasteiger partial charge in [-0.25, -0.2) is 0 Å². The summed E-state index contributed by atoms with van der Waals surface area (Å²) >= 11 is 0. The highest BCUT2D eigenvalue weighted by atomic mass is 35.5. The predicted octanol–water partition coefficient (Wildman–Crippen LogP) is 2.73. The van der Waals surface area contributed by atoms with Gasteiger partial charge in [-0.3, -0.25) is 9.59 Å². The van der Waals surface area contributed by atoms with Crippen molar-refractivity contribution >= 4 is 29.9 Å². The molecule has 5 nitrogen and oxygen atoms in total. The van der Waals surface area contributed by atoms with Crippen LogP contribution in [0.25, 0.3) is 0 Å². The smallest absolute Gasteiger partial charge is 0.226 e. The molecule has 2 aliphatic heterocycles. The molecular weight excluding hydrogens is 350 g/mol. The van der Waals surface area contributed by atoms with Crippen LogP contribution in [-0.2, 0) is 16.0 Å². The van der Waals surface area contributed by atoms with Crippen molar-refractivity contribution in [1.29, 1.82) is 0 Å². The Hall–Kier alpha value is -1.75. The van der Waals surface area contributed by atoms with Crippen molar-refractivity contribution < 1.29 is 9.59 Å². The molecule has 0 spiro atoms. The fraction of sp³-hybridized carbons (Fsp3) is 0.600. The van der Waals surface area contributed by atoms with Gasteiger partial charge in [-0.2, -0.15) is 0 Å². The third-order valence-electron chi connectivity index (χ3n) is 5.63. The molecule has 0 atom stereocenters. The van der Waals surface area contributed by atoms with Gasteiger partial charge in [-0.1, -0.05) is 19.1 Å². The lowest BCUT2D eigenvalue weighted by Crippen LogP contribution is -2.46. The molecule has 0 saturated carbocycles. The normalized spacial score (nSPS) is 19.1. The minimum absolute atomic E-state index is 0. The number of nitrogens with two attached hydrogens (primary N) is 1. The largest absolute Gasteiger partial charge is 0.399 e. The van der Waals surface area contributed by atoms with E-state index in [9.17, 15) is 9.59 Å². The Bertz CT molecular complexity index is 604. The van der Waals surface area contributed by atoms with Crippen molar-refractivity contribution in [2.75, 3.05) is 31.9 Å². The van der Waals surface area contributed by atoms with Crippen LogP contribution < -0.4 is 5.73 Å². The van der Waals surface area contributed by atoms with E-state index in [-0.39, 0.29) is 24.2 Å². The average molecular weight is 380 g/mol. The maximum atomic E-state index is 12.7. The molecule has 1 aromatic carbocycles. The molecule has 0 radical (unpaired) electrons. The first kappa shape index (κ1) is 20.6. The number of rotatable bonds is 3. The van der Waals surface area contributed by atoms with Gasteiger partial charge in [-0.15, -0.1) is 12.4 Å². The van der Waals surface area contributed by atoms with Crippen LogP contribution in [0, 0.1) is 11.8 Å². The van der Waals surface area contributed by atoms with Crippen molar-refractivity contribution in [3.8, 4) is 0 Å². The summed E-state index contributed by atoms with van der Waals surface area (Å²) in [5, 5.41) is 0. The Morgan fingerprint density at radius 1 is 0.962 bits per heavy atom. The standard InChI is InChI=1S/C20H29N3O2.ClH/c1-15-6-10-23(11-7-15)20(25)17-8-12-22(13-9-17)19(24)14-16-2-4-18(21)5-3-16;/h2-5,15,17H,6-14,21H2,1H3;1H. The van der Waals surface area contributed by atoms with E-state index in [0.29, 0.717) is 31.1 Å². The summed E-state index contributed by atoms with van der Waals surface area (Å²) < 4.78 is 0. The fourth-order valence-corrected chi connectivity index (χ4v) is 3.78. The summed E-state index contributed by atoms with van der Waals surface area (Å²) in [7, 11) is 0. The summed E-state index contributed by atoms with van der Waals surface area (Å²) in [6.07, 6.45) is 4.22. The topological polar surface area (TPSA) is 66.6 Å². The third kappa shape index (κ3) is 5.13. The molecule has 2 amide bonds. The van der Waals surface area contributed by atoms with Crippen LogP contribution in [0.15, 0.2) is 24.3 Å². The highest BCUT2D eigenvalue weighted by Gasteiger charge is 2.31. The fourth-order valence-electron chi connectivity index (χ4n) is 3.78. The number of nitrogen functional groups attached to an aromatic ring is 1. The van der Waals surface area contributed by atoms with E-state index in [4.69, 9.17) is 5.73 Å². The molecule has 0 bridgehead atoms. The van der Waals surface area contributed by atoms with Gasteiger partial charge in [0, 0.05) is 37.8 Å². The number of benzene rings is 1. The number of anilines is 1. The van der Waals surface area contributed by atoms with Gasteiger partial charge in [0.15, 0.2) is 0 Å². The van der Waals surface area contributed by atoms with E-state index in [0.717, 1.165) is 50.3 Å². The number of piperidine rings is 2. The highest BCUT2D eigenvalue weighted by molar-refractivity contribution is 5.85. The van der Waals surface area contributed by atoms with E-state index in [1.807, 2.05) is 34.1 Å². The molecule has 2 saturated heterocycles. The van der Waals surface area contributed by atoms with Crippen molar-refractivity contribution in [3.05, 3.63) is 29.8 Å². The second kappa shape index (κ2) is 9.26. The summed E-state index contributed by atoms with van der Waals surface area (Å²) in [5.41, 5.74) is 7.38. The number of amides is 2. The minimum atomic E-state index is 0. The van der Waals surface area contributed by atoms with E-state index < -0.39 is 0 Å². The molecule has 2 aliphatic rings. The first-order valence-corrected chi connectivity index (χ1v) is 9.44. The Labute approximate surface area is 162 Å². The average Bonchev–Trinajstić information content (AvgIpc) is 2.64. The van der Waals surface area contributed by atoms with Gasteiger partial charge in [0.2, 0.25) is 11.8 Å². The molecule has 6 heteroatoms. The first-order chi connectivity index (χ1) is 12.0. The SMILES string of the molecule is CC1CCN(C(=O)C2CCN(C(=O)Cc3ccc(N)cc3)CC2)CC1.Cl. The third-order valence-corrected chi connectivity index (χ3v) is 5.63. The van der Waals surface area contributed by atoms with Crippen molar-refractivity contribution in [2.45, 2.75) is 39.0 Å². The molecule has 0 unspecified atom stereocenters. The van der Waals surface area contributed by atoms with Crippen LogP contribution in [0.3, 0.4) is 0 Å². The Balaban J connectivity index is 0.00000243. The van der Waals surface area contributed by atoms with Crippen LogP contribution in [0.2, 0.25) is 0 Å². The molecular formula is C20H30ClN3O2. The van der Waals surface area contributed by atoms with Crippen molar-refractivity contribution in [2.24, 2.45) is 11.8 Å². The number of halogens is 1. The summed E-state index contributed by atoms with van der Waals surface area (Å²) in [6.45, 7) is 5.43. The lowest BCUT2D eigenvalue weighted by molar-refractivity contribution is -0.141. The molecule has 2 fully saturated rings. The second-order valence-corrected chi connectivity index (χ2v) is 7.58. The molecule has 144 valence electrons. The number of carbonyl (C=O) groups excluding carboxylic acids is 2. The molecule has 0 aliphatic carbocycles. The number of hydrogen-bond donors (Lipinski definition) is 1. The molecule has 0 aromatic heterocycles. The lowest BCUT2D eigenvalue weighted by Gasteiger charge is -2.36. The molecule has 2 heterocycles. The number of carbonyl (C=O) groups is 2. The summed E-state index contributed by atoms with van der Waals surface area (Å²) in [5.74, 6) is 1.27. The number of nitrogens with zero attached hydrogens (tertiary/aromatic N) is 2. The Kier molecular flexibility index (Phi) is 7.33. The maximum Gasteiger partial charge on any atom is 0.226 e. The van der Waals surface area contributed by atoms with Crippen LogP contribution >= 0.6 is 12.4 Å². The molecule has 26 heavy (non-hydrogen) atoms. The van der Waals surface area contributed by atoms with Gasteiger partial charge in [0.05, 0.1) is 6.42 Å². The zero-order valence-corrected chi connectivity index (χ0v) is 16.3. The van der Waals surface area contributed by atoms with Gasteiger partial charge in [0.25, 0.3) is 0 Å². The van der Waals surface area contributed by atoms with Crippen LogP contribution in [-0.4, -0.2) is 47.8 Å². The van der Waals surface area contributed by atoms with Gasteiger partial charge >= 0.3 is 0 Å². The van der Waals surface area contributed by atoms with Gasteiger partial charge in [0.1, 0.15) is 0 Å². The number of likely N-dealkylation sites (tertiary alicyclic amines) is 2. The van der Waals surface area contributed by atoms with Crippen LogP contribution in [0.5, 0.6) is 0 Å². The van der Waals surface area contributed by atoms with Crippen LogP contribution in [0.1, 0.15) is 38.2 Å². The predicted molar refractivity (Wildman–Crippen MR) is 106 cm³/mol. The molecule has 3 rings (SSSR count). The molecule has 1 aromatic rings. The monoisotopic (exact) mass is 379 g/mol. The molecule has 2 N–H and O–H groups in total. The minimum Gasteiger partial charge on any atom is -0.399 e. The van der Waals surface area contributed by atoms with E-state index in [1.54, 1.807) is 0 Å². The summed E-state index contributed by atoms with van der Waals surface area (Å²) in [6, 6.07) is 7.46. The van der Waals surface area contributed by atoms with Crippen molar-refractivity contribution in [3.63, 3.8) is 0 Å². The van der Waals surface area contributed by atoms with Crippen LogP contribution in [0.4, 0.5) is 5.69 Å². The summed E-state index contributed by atoms with van der Waals surface area (Å²) in [4.78, 5) is 29.1. The maximum absolute atomic E-state index is 12.7. The van der Waals surface area contributed by atoms with Crippen molar-refractivity contribution in [1.82, 2.24) is 9.80 Å². The Morgan fingerprint density at radius 2 is 1.50 bits per heavy atom. The number of hydrogen-bond acceptors (Lipinski definition) is 3. The van der Waals surface area contributed by atoms with E-state index in [1.165, 1.54) is 0 Å². The highest BCUT2D eigenvalue weighted by Crippen LogP contribution is 2.24. The lowest BCUT2D eigenvalue weighted by atomic mass is 9.92. The van der Waals surface area contributed by atoms with E-state index >= 15 is 0 Å².